The fourth-order valence-electron chi connectivity index (χ4n) is 4.75. The SMILES string of the molecule is COC(=O)CCC(C(C)OC)N(C1CCCCC1)C1CCCCC1. The molecule has 2 aliphatic carbocycles. The van der Waals surface area contributed by atoms with Crippen LogP contribution in [-0.4, -0.2) is 49.3 Å². The van der Waals surface area contributed by atoms with Crippen LogP contribution < -0.4 is 0 Å². The normalized spacial score (nSPS) is 23.2. The third-order valence-corrected chi connectivity index (χ3v) is 6.16. The van der Waals surface area contributed by atoms with Crippen LogP contribution >= 0.6 is 0 Å². The molecule has 0 radical (unpaired) electrons. The van der Waals surface area contributed by atoms with E-state index in [2.05, 4.69) is 11.8 Å². The molecule has 0 aromatic heterocycles. The Morgan fingerprint density at radius 1 is 0.958 bits per heavy atom. The highest BCUT2D eigenvalue weighted by atomic mass is 16.5. The van der Waals surface area contributed by atoms with Gasteiger partial charge in [0.1, 0.15) is 0 Å². The van der Waals surface area contributed by atoms with Gasteiger partial charge >= 0.3 is 5.97 Å². The molecule has 2 rings (SSSR count). The van der Waals surface area contributed by atoms with Gasteiger partial charge in [0, 0.05) is 31.7 Å². The molecule has 4 nitrogen and oxygen atoms in total. The highest BCUT2D eigenvalue weighted by molar-refractivity contribution is 5.69. The number of esters is 1. The van der Waals surface area contributed by atoms with E-state index >= 15 is 0 Å². The lowest BCUT2D eigenvalue weighted by molar-refractivity contribution is -0.141. The van der Waals surface area contributed by atoms with Gasteiger partial charge < -0.3 is 9.47 Å². The number of methoxy groups -OCH3 is 2. The highest BCUT2D eigenvalue weighted by Gasteiger charge is 2.36. The number of carbonyl (C=O) groups excluding carboxylic acids is 1. The molecule has 0 aromatic carbocycles. The average molecular weight is 340 g/mol. The molecule has 0 amide bonds. The minimum Gasteiger partial charge on any atom is -0.469 e. The van der Waals surface area contributed by atoms with E-state index in [1.165, 1.54) is 71.3 Å². The largest absolute Gasteiger partial charge is 0.469 e. The molecular formula is C20H37NO3. The smallest absolute Gasteiger partial charge is 0.305 e. The van der Waals surface area contributed by atoms with Crippen LogP contribution in [0.1, 0.15) is 84.0 Å². The summed E-state index contributed by atoms with van der Waals surface area (Å²) in [6.07, 6.45) is 14.9. The van der Waals surface area contributed by atoms with E-state index in [9.17, 15) is 4.79 Å². The first-order valence-electron chi connectivity index (χ1n) is 10.0. The van der Waals surface area contributed by atoms with Crippen molar-refractivity contribution in [2.45, 2.75) is 108 Å². The molecule has 2 atom stereocenters. The Kier molecular flexibility index (Phi) is 8.54. The summed E-state index contributed by atoms with van der Waals surface area (Å²) in [7, 11) is 3.28. The first-order chi connectivity index (χ1) is 11.7. The van der Waals surface area contributed by atoms with Crippen molar-refractivity contribution < 1.29 is 14.3 Å². The van der Waals surface area contributed by atoms with Gasteiger partial charge in [-0.15, -0.1) is 0 Å². The van der Waals surface area contributed by atoms with Crippen molar-refractivity contribution >= 4 is 5.97 Å². The van der Waals surface area contributed by atoms with Crippen LogP contribution in [0.15, 0.2) is 0 Å². The third-order valence-electron chi connectivity index (χ3n) is 6.16. The van der Waals surface area contributed by atoms with E-state index in [1.54, 1.807) is 7.11 Å². The topological polar surface area (TPSA) is 38.8 Å². The van der Waals surface area contributed by atoms with Crippen LogP contribution in [0, 0.1) is 0 Å². The van der Waals surface area contributed by atoms with E-state index in [0.29, 0.717) is 24.5 Å². The van der Waals surface area contributed by atoms with Crippen LogP contribution in [0.5, 0.6) is 0 Å². The van der Waals surface area contributed by atoms with E-state index in [1.807, 2.05) is 0 Å². The molecule has 0 spiro atoms. The zero-order chi connectivity index (χ0) is 17.4. The molecule has 2 saturated carbocycles. The second kappa shape index (κ2) is 10.4. The first-order valence-corrected chi connectivity index (χ1v) is 10.0. The molecule has 2 aliphatic rings. The molecule has 2 unspecified atom stereocenters. The van der Waals surface area contributed by atoms with Gasteiger partial charge in [-0.3, -0.25) is 9.69 Å². The second-order valence-electron chi connectivity index (χ2n) is 7.65. The molecule has 0 bridgehead atoms. The maximum Gasteiger partial charge on any atom is 0.305 e. The van der Waals surface area contributed by atoms with Gasteiger partial charge in [0.15, 0.2) is 0 Å². The van der Waals surface area contributed by atoms with Crippen molar-refractivity contribution in [3.8, 4) is 0 Å². The molecule has 0 saturated heterocycles. The highest BCUT2D eigenvalue weighted by Crippen LogP contribution is 2.34. The fraction of sp³-hybridized carbons (Fsp3) is 0.950. The average Bonchev–Trinajstić information content (AvgIpc) is 2.65. The number of ether oxygens (including phenoxy) is 2. The molecule has 0 aromatic rings. The Bertz CT molecular complexity index is 344. The Labute approximate surface area is 148 Å². The third kappa shape index (κ3) is 5.45. The van der Waals surface area contributed by atoms with Crippen molar-refractivity contribution in [2.75, 3.05) is 14.2 Å². The summed E-state index contributed by atoms with van der Waals surface area (Å²) in [5.41, 5.74) is 0. The Hall–Kier alpha value is -0.610. The number of hydrogen-bond acceptors (Lipinski definition) is 4. The van der Waals surface area contributed by atoms with Crippen molar-refractivity contribution in [3.63, 3.8) is 0 Å². The van der Waals surface area contributed by atoms with Crippen molar-refractivity contribution in [1.82, 2.24) is 4.90 Å². The Morgan fingerprint density at radius 3 is 1.88 bits per heavy atom. The molecule has 0 N–H and O–H groups in total. The van der Waals surface area contributed by atoms with Gasteiger partial charge in [-0.2, -0.15) is 0 Å². The quantitative estimate of drug-likeness (QED) is 0.618. The summed E-state index contributed by atoms with van der Waals surface area (Å²) in [5, 5.41) is 0. The van der Waals surface area contributed by atoms with Gasteiger partial charge in [0.25, 0.3) is 0 Å². The number of rotatable bonds is 8. The fourth-order valence-corrected chi connectivity index (χ4v) is 4.75. The maximum atomic E-state index is 11.7. The van der Waals surface area contributed by atoms with Gasteiger partial charge in [-0.05, 0) is 39.0 Å². The standard InChI is InChI=1S/C20H37NO3/c1-16(23-2)19(14-15-20(22)24-3)21(17-10-6-4-7-11-17)18-12-8-5-9-13-18/h16-19H,4-15H2,1-3H3. The van der Waals surface area contributed by atoms with E-state index < -0.39 is 0 Å². The minimum absolute atomic E-state index is 0.101. The van der Waals surface area contributed by atoms with Crippen LogP contribution in [0.4, 0.5) is 0 Å². The molecule has 0 heterocycles. The minimum atomic E-state index is -0.101. The number of nitrogens with zero attached hydrogens (tertiary/aromatic N) is 1. The number of carbonyl (C=O) groups is 1. The summed E-state index contributed by atoms with van der Waals surface area (Å²) >= 11 is 0. The van der Waals surface area contributed by atoms with E-state index in [-0.39, 0.29) is 12.1 Å². The summed E-state index contributed by atoms with van der Waals surface area (Å²) < 4.78 is 10.6. The molecule has 0 aliphatic heterocycles. The Morgan fingerprint density at radius 2 is 1.46 bits per heavy atom. The van der Waals surface area contributed by atoms with Gasteiger partial charge in [-0.1, -0.05) is 38.5 Å². The first kappa shape index (κ1) is 19.7. The maximum absolute atomic E-state index is 11.7. The predicted molar refractivity (Wildman–Crippen MR) is 97.1 cm³/mol. The van der Waals surface area contributed by atoms with E-state index in [0.717, 1.165) is 6.42 Å². The molecule has 4 heteroatoms. The molecule has 24 heavy (non-hydrogen) atoms. The second-order valence-corrected chi connectivity index (χ2v) is 7.65. The molecule has 2 fully saturated rings. The lowest BCUT2D eigenvalue weighted by atomic mass is 9.85. The lowest BCUT2D eigenvalue weighted by Crippen LogP contribution is -2.55. The van der Waals surface area contributed by atoms with Gasteiger partial charge in [0.2, 0.25) is 0 Å². The lowest BCUT2D eigenvalue weighted by Gasteiger charge is -2.47. The monoisotopic (exact) mass is 339 g/mol. The molecule has 140 valence electrons. The number of hydrogen-bond donors (Lipinski definition) is 0. The van der Waals surface area contributed by atoms with Crippen molar-refractivity contribution in [1.29, 1.82) is 0 Å². The predicted octanol–water partition coefficient (Wildman–Crippen LogP) is 4.31. The van der Waals surface area contributed by atoms with Crippen LogP contribution in [0.3, 0.4) is 0 Å². The zero-order valence-electron chi connectivity index (χ0n) is 16.0. The zero-order valence-corrected chi connectivity index (χ0v) is 16.0. The summed E-state index contributed by atoms with van der Waals surface area (Å²) in [5.74, 6) is -0.101. The van der Waals surface area contributed by atoms with E-state index in [4.69, 9.17) is 9.47 Å². The van der Waals surface area contributed by atoms with Gasteiger partial charge in [-0.25, -0.2) is 0 Å². The summed E-state index contributed by atoms with van der Waals surface area (Å²) in [4.78, 5) is 14.5. The molecular weight excluding hydrogens is 302 g/mol. The van der Waals surface area contributed by atoms with Gasteiger partial charge in [0.05, 0.1) is 13.2 Å². The van der Waals surface area contributed by atoms with Crippen LogP contribution in [-0.2, 0) is 14.3 Å². The summed E-state index contributed by atoms with van der Waals surface area (Å²) in [6, 6.07) is 1.66. The van der Waals surface area contributed by atoms with Crippen molar-refractivity contribution in [3.05, 3.63) is 0 Å². The van der Waals surface area contributed by atoms with Crippen LogP contribution in [0.25, 0.3) is 0 Å². The van der Waals surface area contributed by atoms with Crippen LogP contribution in [0.2, 0.25) is 0 Å². The van der Waals surface area contributed by atoms with Crippen molar-refractivity contribution in [2.24, 2.45) is 0 Å². The Balaban J connectivity index is 2.15. The summed E-state index contributed by atoms with van der Waals surface area (Å²) in [6.45, 7) is 2.17.